The lowest BCUT2D eigenvalue weighted by atomic mass is 10.2. The van der Waals surface area contributed by atoms with Crippen LogP contribution in [0.25, 0.3) is 0 Å². The quantitative estimate of drug-likeness (QED) is 0.431. The lowest BCUT2D eigenvalue weighted by Gasteiger charge is -2.12. The zero-order valence-corrected chi connectivity index (χ0v) is 13.6. The van der Waals surface area contributed by atoms with E-state index in [2.05, 4.69) is 21.5 Å². The SMILES string of the molecule is CC(=O)Nc1ccc(NC(=S)NNC(=O)c2ccc(O)cc2)cc1. The summed E-state index contributed by atoms with van der Waals surface area (Å²) in [6.45, 7) is 1.43. The Balaban J connectivity index is 1.83. The number of anilines is 2. The smallest absolute Gasteiger partial charge is 0.269 e. The van der Waals surface area contributed by atoms with Crippen molar-refractivity contribution in [2.24, 2.45) is 0 Å². The zero-order chi connectivity index (χ0) is 17.5. The summed E-state index contributed by atoms with van der Waals surface area (Å²) in [5.74, 6) is -0.454. The molecule has 0 fully saturated rings. The normalized spacial score (nSPS) is 9.71. The van der Waals surface area contributed by atoms with Gasteiger partial charge in [0, 0.05) is 23.9 Å². The average Bonchev–Trinajstić information content (AvgIpc) is 2.54. The van der Waals surface area contributed by atoms with Crippen LogP contribution in [-0.4, -0.2) is 22.0 Å². The molecule has 2 aromatic rings. The summed E-state index contributed by atoms with van der Waals surface area (Å²) >= 11 is 5.08. The number of carbonyl (C=O) groups excluding carboxylic acids is 2. The van der Waals surface area contributed by atoms with Gasteiger partial charge in [0.1, 0.15) is 5.75 Å². The first kappa shape index (κ1) is 17.2. The number of hydrogen-bond donors (Lipinski definition) is 5. The van der Waals surface area contributed by atoms with E-state index in [9.17, 15) is 14.7 Å². The van der Waals surface area contributed by atoms with Gasteiger partial charge < -0.3 is 15.7 Å². The first-order valence-electron chi connectivity index (χ1n) is 6.98. The third-order valence-electron chi connectivity index (χ3n) is 2.88. The van der Waals surface area contributed by atoms with E-state index < -0.39 is 0 Å². The molecule has 0 unspecified atom stereocenters. The van der Waals surface area contributed by atoms with E-state index in [1.807, 2.05) is 0 Å². The molecule has 0 aromatic heterocycles. The van der Waals surface area contributed by atoms with Gasteiger partial charge in [-0.1, -0.05) is 0 Å². The molecule has 0 heterocycles. The Morgan fingerprint density at radius 1 is 0.875 bits per heavy atom. The van der Waals surface area contributed by atoms with Crippen LogP contribution < -0.4 is 21.5 Å². The van der Waals surface area contributed by atoms with E-state index in [4.69, 9.17) is 12.2 Å². The molecular weight excluding hydrogens is 328 g/mol. The predicted octanol–water partition coefficient (Wildman–Crippen LogP) is 1.98. The van der Waals surface area contributed by atoms with Crippen molar-refractivity contribution in [3.63, 3.8) is 0 Å². The molecule has 8 heteroatoms. The molecule has 0 saturated carbocycles. The Morgan fingerprint density at radius 2 is 1.42 bits per heavy atom. The van der Waals surface area contributed by atoms with Crippen LogP contribution >= 0.6 is 12.2 Å². The Hall–Kier alpha value is -3.13. The van der Waals surface area contributed by atoms with Crippen molar-refractivity contribution >= 4 is 40.5 Å². The number of amides is 2. The number of aromatic hydroxyl groups is 1. The van der Waals surface area contributed by atoms with E-state index >= 15 is 0 Å². The third kappa shape index (κ3) is 5.25. The van der Waals surface area contributed by atoms with E-state index in [0.717, 1.165) is 0 Å². The van der Waals surface area contributed by atoms with Gasteiger partial charge in [-0.2, -0.15) is 0 Å². The molecule has 2 rings (SSSR count). The van der Waals surface area contributed by atoms with Crippen molar-refractivity contribution in [1.82, 2.24) is 10.9 Å². The molecule has 0 aliphatic carbocycles. The van der Waals surface area contributed by atoms with E-state index in [1.54, 1.807) is 24.3 Å². The molecule has 0 aliphatic rings. The highest BCUT2D eigenvalue weighted by atomic mass is 32.1. The van der Waals surface area contributed by atoms with Crippen molar-refractivity contribution in [2.75, 3.05) is 10.6 Å². The molecule has 24 heavy (non-hydrogen) atoms. The maximum absolute atomic E-state index is 11.9. The number of hydrogen-bond acceptors (Lipinski definition) is 4. The van der Waals surface area contributed by atoms with Crippen LogP contribution in [0.5, 0.6) is 5.75 Å². The molecule has 7 nitrogen and oxygen atoms in total. The molecule has 124 valence electrons. The molecule has 0 saturated heterocycles. The zero-order valence-electron chi connectivity index (χ0n) is 12.8. The van der Waals surface area contributed by atoms with Crippen LogP contribution in [0.1, 0.15) is 17.3 Å². The maximum atomic E-state index is 11.9. The second-order valence-electron chi connectivity index (χ2n) is 4.84. The first-order valence-corrected chi connectivity index (χ1v) is 7.39. The number of phenols is 1. The summed E-state index contributed by atoms with van der Waals surface area (Å²) < 4.78 is 0. The Labute approximate surface area is 144 Å². The number of rotatable bonds is 3. The minimum absolute atomic E-state index is 0.0828. The Morgan fingerprint density at radius 3 is 1.96 bits per heavy atom. The fourth-order valence-corrected chi connectivity index (χ4v) is 1.97. The predicted molar refractivity (Wildman–Crippen MR) is 95.7 cm³/mol. The van der Waals surface area contributed by atoms with Gasteiger partial charge >= 0.3 is 0 Å². The third-order valence-corrected chi connectivity index (χ3v) is 3.09. The fraction of sp³-hybridized carbons (Fsp3) is 0.0625. The van der Waals surface area contributed by atoms with Crippen molar-refractivity contribution in [1.29, 1.82) is 0 Å². The van der Waals surface area contributed by atoms with Crippen LogP contribution in [-0.2, 0) is 4.79 Å². The highest BCUT2D eigenvalue weighted by Gasteiger charge is 2.06. The van der Waals surface area contributed by atoms with Gasteiger partial charge in [-0.25, -0.2) is 0 Å². The van der Waals surface area contributed by atoms with Gasteiger partial charge in [0.2, 0.25) is 5.91 Å². The van der Waals surface area contributed by atoms with E-state index in [0.29, 0.717) is 16.9 Å². The lowest BCUT2D eigenvalue weighted by molar-refractivity contribution is -0.114. The van der Waals surface area contributed by atoms with E-state index in [1.165, 1.54) is 31.2 Å². The Bertz CT molecular complexity index is 745. The molecule has 2 amide bonds. The standard InChI is InChI=1S/C16H16N4O3S/c1-10(21)17-12-4-6-13(7-5-12)18-16(24)20-19-15(23)11-2-8-14(22)9-3-11/h2-9,22H,1H3,(H,17,21)(H,19,23)(H2,18,20,24). The van der Waals surface area contributed by atoms with Crippen molar-refractivity contribution in [3.8, 4) is 5.75 Å². The Kier molecular flexibility index (Phi) is 5.69. The second-order valence-corrected chi connectivity index (χ2v) is 5.25. The highest BCUT2D eigenvalue weighted by Crippen LogP contribution is 2.13. The number of carbonyl (C=O) groups is 2. The second kappa shape index (κ2) is 7.93. The summed E-state index contributed by atoms with van der Waals surface area (Å²) in [5, 5.41) is 14.9. The minimum Gasteiger partial charge on any atom is -0.508 e. The number of benzene rings is 2. The van der Waals surface area contributed by atoms with Gasteiger partial charge in [-0.3, -0.25) is 20.4 Å². The van der Waals surface area contributed by atoms with Crippen molar-refractivity contribution in [2.45, 2.75) is 6.92 Å². The lowest BCUT2D eigenvalue weighted by Crippen LogP contribution is -2.43. The van der Waals surface area contributed by atoms with Crippen molar-refractivity contribution in [3.05, 3.63) is 54.1 Å². The van der Waals surface area contributed by atoms with Crippen LogP contribution in [0.15, 0.2) is 48.5 Å². The number of thiocarbonyl (C=S) groups is 1. The van der Waals surface area contributed by atoms with Crippen LogP contribution in [0.4, 0.5) is 11.4 Å². The molecule has 0 bridgehead atoms. The molecule has 0 radical (unpaired) electrons. The number of phenolic OH excluding ortho intramolecular Hbond substituents is 1. The molecule has 0 aliphatic heterocycles. The summed E-state index contributed by atoms with van der Waals surface area (Å²) in [5.41, 5.74) is 6.77. The molecule has 0 atom stereocenters. The minimum atomic E-state index is -0.389. The topological polar surface area (TPSA) is 102 Å². The van der Waals surface area contributed by atoms with Gasteiger partial charge in [0.05, 0.1) is 0 Å². The first-order chi connectivity index (χ1) is 11.4. The van der Waals surface area contributed by atoms with Gasteiger partial charge in [-0.05, 0) is 60.7 Å². The highest BCUT2D eigenvalue weighted by molar-refractivity contribution is 7.80. The van der Waals surface area contributed by atoms with Gasteiger partial charge in [-0.15, -0.1) is 0 Å². The van der Waals surface area contributed by atoms with Crippen LogP contribution in [0.2, 0.25) is 0 Å². The van der Waals surface area contributed by atoms with Crippen LogP contribution in [0.3, 0.4) is 0 Å². The van der Waals surface area contributed by atoms with Crippen LogP contribution in [0, 0.1) is 0 Å². The largest absolute Gasteiger partial charge is 0.508 e. The monoisotopic (exact) mass is 344 g/mol. The maximum Gasteiger partial charge on any atom is 0.269 e. The summed E-state index contributed by atoms with van der Waals surface area (Å²) in [4.78, 5) is 22.8. The number of hydrazine groups is 1. The molecule has 2 aromatic carbocycles. The molecular formula is C16H16N4O3S. The number of nitrogens with one attached hydrogen (secondary N) is 4. The van der Waals surface area contributed by atoms with Gasteiger partial charge in [0.25, 0.3) is 5.91 Å². The summed E-state index contributed by atoms with van der Waals surface area (Å²) in [6, 6.07) is 12.7. The van der Waals surface area contributed by atoms with Gasteiger partial charge in [0.15, 0.2) is 5.11 Å². The fourth-order valence-electron chi connectivity index (χ4n) is 1.80. The molecule has 5 N–H and O–H groups in total. The van der Waals surface area contributed by atoms with Crippen molar-refractivity contribution < 1.29 is 14.7 Å². The summed E-state index contributed by atoms with van der Waals surface area (Å²) in [6.07, 6.45) is 0. The van der Waals surface area contributed by atoms with E-state index in [-0.39, 0.29) is 22.7 Å². The summed E-state index contributed by atoms with van der Waals surface area (Å²) in [7, 11) is 0. The molecule has 0 spiro atoms. The average molecular weight is 344 g/mol.